The Hall–Kier alpha value is -1.06. The summed E-state index contributed by atoms with van der Waals surface area (Å²) in [6.45, 7) is 9.83. The summed E-state index contributed by atoms with van der Waals surface area (Å²) in [5, 5.41) is 0. The van der Waals surface area contributed by atoms with Crippen LogP contribution in [0.1, 0.15) is 25.3 Å². The maximum absolute atomic E-state index is 6.09. The zero-order chi connectivity index (χ0) is 14.2. The van der Waals surface area contributed by atoms with Crippen LogP contribution >= 0.6 is 0 Å². The second kappa shape index (κ2) is 5.38. The molecule has 0 aromatic heterocycles. The fraction of sp³-hybridized carbons (Fsp3) is 0.647. The Labute approximate surface area is 122 Å². The van der Waals surface area contributed by atoms with Gasteiger partial charge in [0, 0.05) is 44.0 Å². The number of nitrogens with two attached hydrogens (primary N) is 1. The van der Waals surface area contributed by atoms with E-state index >= 15 is 0 Å². The summed E-state index contributed by atoms with van der Waals surface area (Å²) in [6.07, 6.45) is 2.73. The molecule has 1 saturated heterocycles. The topological polar surface area (TPSA) is 32.5 Å². The maximum Gasteiger partial charge on any atom is 0.0369 e. The van der Waals surface area contributed by atoms with Crippen molar-refractivity contribution >= 4 is 5.69 Å². The average molecular weight is 273 g/mol. The first-order valence-corrected chi connectivity index (χ1v) is 7.90. The molecule has 1 aliphatic heterocycles. The van der Waals surface area contributed by atoms with Gasteiger partial charge in [-0.2, -0.15) is 0 Å². The lowest BCUT2D eigenvalue weighted by Gasteiger charge is -2.46. The van der Waals surface area contributed by atoms with Crippen molar-refractivity contribution in [1.29, 1.82) is 0 Å². The van der Waals surface area contributed by atoms with Crippen LogP contribution in [0.25, 0.3) is 0 Å². The quantitative estimate of drug-likeness (QED) is 0.913. The minimum absolute atomic E-state index is 0.235. The molecular formula is C17H27N3. The van der Waals surface area contributed by atoms with Crippen LogP contribution in [0.3, 0.4) is 0 Å². The Morgan fingerprint density at radius 3 is 2.45 bits per heavy atom. The predicted molar refractivity (Wildman–Crippen MR) is 85.1 cm³/mol. The Kier molecular flexibility index (Phi) is 3.74. The molecule has 1 heterocycles. The van der Waals surface area contributed by atoms with Gasteiger partial charge in [-0.05, 0) is 50.3 Å². The highest BCUT2D eigenvalue weighted by molar-refractivity contribution is 5.48. The van der Waals surface area contributed by atoms with Crippen molar-refractivity contribution in [3.8, 4) is 0 Å². The molecule has 1 aliphatic carbocycles. The Morgan fingerprint density at radius 2 is 1.90 bits per heavy atom. The summed E-state index contributed by atoms with van der Waals surface area (Å²) in [5.74, 6) is 0.831. The summed E-state index contributed by atoms with van der Waals surface area (Å²) in [7, 11) is 0. The number of anilines is 1. The zero-order valence-corrected chi connectivity index (χ0v) is 12.8. The van der Waals surface area contributed by atoms with Crippen LogP contribution in [0.2, 0.25) is 0 Å². The van der Waals surface area contributed by atoms with Crippen LogP contribution in [-0.2, 0) is 0 Å². The Bertz CT molecular complexity index is 461. The molecule has 0 amide bonds. The zero-order valence-electron chi connectivity index (χ0n) is 12.8. The lowest BCUT2D eigenvalue weighted by atomic mass is 9.92. The van der Waals surface area contributed by atoms with Crippen molar-refractivity contribution in [3.05, 3.63) is 29.8 Å². The van der Waals surface area contributed by atoms with E-state index in [1.807, 2.05) is 0 Å². The van der Waals surface area contributed by atoms with E-state index in [0.717, 1.165) is 38.6 Å². The third-order valence-corrected chi connectivity index (χ3v) is 5.24. The van der Waals surface area contributed by atoms with Crippen molar-refractivity contribution in [1.82, 2.24) is 4.90 Å². The summed E-state index contributed by atoms with van der Waals surface area (Å²) in [5.41, 5.74) is 9.03. The van der Waals surface area contributed by atoms with Gasteiger partial charge in [-0.3, -0.25) is 4.90 Å². The van der Waals surface area contributed by atoms with Crippen molar-refractivity contribution in [2.75, 3.05) is 37.6 Å². The van der Waals surface area contributed by atoms with Crippen LogP contribution in [0.5, 0.6) is 0 Å². The van der Waals surface area contributed by atoms with Gasteiger partial charge in [-0.1, -0.05) is 12.1 Å². The molecule has 0 bridgehead atoms. The van der Waals surface area contributed by atoms with Gasteiger partial charge in [0.25, 0.3) is 0 Å². The van der Waals surface area contributed by atoms with Gasteiger partial charge < -0.3 is 10.6 Å². The fourth-order valence-electron chi connectivity index (χ4n) is 3.56. The van der Waals surface area contributed by atoms with Crippen LogP contribution in [0.4, 0.5) is 5.69 Å². The summed E-state index contributed by atoms with van der Waals surface area (Å²) >= 11 is 0. The molecule has 0 spiro atoms. The van der Waals surface area contributed by atoms with Crippen molar-refractivity contribution < 1.29 is 0 Å². The van der Waals surface area contributed by atoms with E-state index in [4.69, 9.17) is 5.73 Å². The molecule has 0 radical (unpaired) electrons. The third-order valence-electron chi connectivity index (χ3n) is 5.24. The normalized spacial score (nSPS) is 23.6. The number of aryl methyl sites for hydroxylation is 1. The van der Waals surface area contributed by atoms with E-state index < -0.39 is 0 Å². The molecule has 110 valence electrons. The van der Waals surface area contributed by atoms with Gasteiger partial charge in [-0.15, -0.1) is 0 Å². The lowest BCUT2D eigenvalue weighted by Crippen LogP contribution is -2.60. The SMILES string of the molecule is Cc1cccc(N2CCN(C(C)(CN)C3CC3)CC2)c1. The number of hydrogen-bond donors (Lipinski definition) is 1. The Morgan fingerprint density at radius 1 is 1.20 bits per heavy atom. The largest absolute Gasteiger partial charge is 0.369 e. The van der Waals surface area contributed by atoms with Gasteiger partial charge in [0.15, 0.2) is 0 Å². The molecule has 1 saturated carbocycles. The molecule has 2 aliphatic rings. The third kappa shape index (κ3) is 2.57. The van der Waals surface area contributed by atoms with Gasteiger partial charge in [-0.25, -0.2) is 0 Å². The fourth-order valence-corrected chi connectivity index (χ4v) is 3.56. The second-order valence-electron chi connectivity index (χ2n) is 6.65. The van der Waals surface area contributed by atoms with Gasteiger partial charge in [0.05, 0.1) is 0 Å². The molecule has 3 nitrogen and oxygen atoms in total. The molecule has 2 N–H and O–H groups in total. The van der Waals surface area contributed by atoms with E-state index in [9.17, 15) is 0 Å². The highest BCUT2D eigenvalue weighted by atomic mass is 15.3. The monoisotopic (exact) mass is 273 g/mol. The highest BCUT2D eigenvalue weighted by Gasteiger charge is 2.45. The first kappa shape index (κ1) is 13.9. The number of piperazine rings is 1. The first-order valence-electron chi connectivity index (χ1n) is 7.90. The van der Waals surface area contributed by atoms with Crippen molar-refractivity contribution in [2.45, 2.75) is 32.2 Å². The number of benzene rings is 1. The minimum atomic E-state index is 0.235. The molecular weight excluding hydrogens is 246 g/mol. The average Bonchev–Trinajstić information content (AvgIpc) is 3.32. The molecule has 20 heavy (non-hydrogen) atoms. The summed E-state index contributed by atoms with van der Waals surface area (Å²) < 4.78 is 0. The smallest absolute Gasteiger partial charge is 0.0369 e. The molecule has 1 aromatic rings. The van der Waals surface area contributed by atoms with Crippen LogP contribution < -0.4 is 10.6 Å². The van der Waals surface area contributed by atoms with E-state index in [1.165, 1.54) is 24.1 Å². The van der Waals surface area contributed by atoms with Gasteiger partial charge in [0.1, 0.15) is 0 Å². The molecule has 2 fully saturated rings. The first-order chi connectivity index (χ1) is 9.63. The molecule has 1 aromatic carbocycles. The summed E-state index contributed by atoms with van der Waals surface area (Å²) in [6, 6.07) is 8.84. The maximum atomic E-state index is 6.09. The standard InChI is InChI=1S/C17H27N3/c1-14-4-3-5-16(12-14)19-8-10-20(11-9-19)17(2,13-18)15-6-7-15/h3-5,12,15H,6-11,13,18H2,1-2H3. The number of hydrogen-bond acceptors (Lipinski definition) is 3. The van der Waals surface area contributed by atoms with Crippen LogP contribution in [-0.4, -0.2) is 43.2 Å². The molecule has 3 heteroatoms. The highest BCUT2D eigenvalue weighted by Crippen LogP contribution is 2.42. The van der Waals surface area contributed by atoms with Crippen LogP contribution in [0, 0.1) is 12.8 Å². The molecule has 1 unspecified atom stereocenters. The second-order valence-corrected chi connectivity index (χ2v) is 6.65. The van der Waals surface area contributed by atoms with Gasteiger partial charge >= 0.3 is 0 Å². The van der Waals surface area contributed by atoms with Crippen molar-refractivity contribution in [2.24, 2.45) is 11.7 Å². The minimum Gasteiger partial charge on any atom is -0.369 e. The van der Waals surface area contributed by atoms with E-state index in [0.29, 0.717) is 0 Å². The van der Waals surface area contributed by atoms with E-state index in [-0.39, 0.29) is 5.54 Å². The van der Waals surface area contributed by atoms with Crippen molar-refractivity contribution in [3.63, 3.8) is 0 Å². The lowest BCUT2D eigenvalue weighted by molar-refractivity contribution is 0.0826. The Balaban J connectivity index is 1.64. The summed E-state index contributed by atoms with van der Waals surface area (Å²) in [4.78, 5) is 5.14. The van der Waals surface area contributed by atoms with E-state index in [2.05, 4.69) is 47.9 Å². The number of rotatable bonds is 4. The van der Waals surface area contributed by atoms with Gasteiger partial charge in [0.2, 0.25) is 0 Å². The molecule has 3 rings (SSSR count). The predicted octanol–water partition coefficient (Wildman–Crippen LogP) is 2.24. The molecule has 1 atom stereocenters. The number of nitrogens with zero attached hydrogens (tertiary/aromatic N) is 2. The van der Waals surface area contributed by atoms with Crippen LogP contribution in [0.15, 0.2) is 24.3 Å². The van der Waals surface area contributed by atoms with E-state index in [1.54, 1.807) is 0 Å².